The highest BCUT2D eigenvalue weighted by Gasteiger charge is 2.24. The Morgan fingerprint density at radius 2 is 1.83 bits per heavy atom. The molecule has 0 amide bonds. The minimum absolute atomic E-state index is 0.145. The molecule has 2 aromatic rings. The Kier molecular flexibility index (Phi) is 4.30. The Morgan fingerprint density at radius 3 is 2.52 bits per heavy atom. The monoisotopic (exact) mass is 315 g/mol. The molecule has 0 bridgehead atoms. The van der Waals surface area contributed by atoms with E-state index in [1.54, 1.807) is 25.3 Å². The normalized spacial score (nSPS) is 16.7. The zero-order chi connectivity index (χ0) is 16.4. The molecule has 0 unspecified atom stereocenters. The molecule has 0 radical (unpaired) electrons. The first-order chi connectivity index (χ1) is 11.1. The van der Waals surface area contributed by atoms with Crippen LogP contribution in [0.15, 0.2) is 30.3 Å². The summed E-state index contributed by atoms with van der Waals surface area (Å²) in [6.45, 7) is 1.45. The molecule has 23 heavy (non-hydrogen) atoms. The number of hydrogen-bond acceptors (Lipinski definition) is 5. The maximum absolute atomic E-state index is 10.3. The fourth-order valence-electron chi connectivity index (χ4n) is 3.17. The van der Waals surface area contributed by atoms with Crippen LogP contribution in [-0.2, 0) is 13.0 Å². The van der Waals surface area contributed by atoms with Gasteiger partial charge in [-0.15, -0.1) is 0 Å². The van der Waals surface area contributed by atoms with Gasteiger partial charge in [0.15, 0.2) is 23.0 Å². The number of phenols is 2. The number of methoxy groups -OCH3 is 2. The summed E-state index contributed by atoms with van der Waals surface area (Å²) in [5, 5.41) is 23.6. The van der Waals surface area contributed by atoms with Crippen LogP contribution in [0.25, 0.3) is 0 Å². The Hall–Kier alpha value is -2.40. The van der Waals surface area contributed by atoms with E-state index in [1.165, 1.54) is 7.11 Å². The summed E-state index contributed by atoms with van der Waals surface area (Å²) >= 11 is 0. The molecule has 0 saturated carbocycles. The van der Waals surface area contributed by atoms with Gasteiger partial charge in [-0.3, -0.25) is 0 Å². The Labute approximate surface area is 135 Å². The molecular formula is C18H21NO4. The van der Waals surface area contributed by atoms with Crippen molar-refractivity contribution < 1.29 is 19.7 Å². The van der Waals surface area contributed by atoms with Crippen molar-refractivity contribution in [2.45, 2.75) is 18.9 Å². The van der Waals surface area contributed by atoms with Crippen LogP contribution in [-0.4, -0.2) is 31.0 Å². The Bertz CT molecular complexity index is 714. The van der Waals surface area contributed by atoms with E-state index in [9.17, 15) is 10.2 Å². The van der Waals surface area contributed by atoms with E-state index < -0.39 is 0 Å². The third-order valence-electron chi connectivity index (χ3n) is 4.36. The van der Waals surface area contributed by atoms with Crippen molar-refractivity contribution in [2.24, 2.45) is 0 Å². The fraction of sp³-hybridized carbons (Fsp3) is 0.333. The van der Waals surface area contributed by atoms with Crippen molar-refractivity contribution in [3.05, 3.63) is 47.0 Å². The van der Waals surface area contributed by atoms with Crippen LogP contribution in [0.1, 0.15) is 22.6 Å². The van der Waals surface area contributed by atoms with Crippen LogP contribution in [0, 0.1) is 0 Å². The van der Waals surface area contributed by atoms with Gasteiger partial charge in [0.05, 0.1) is 14.2 Å². The number of aromatic hydroxyl groups is 2. The minimum atomic E-state index is 0.145. The van der Waals surface area contributed by atoms with Crippen LogP contribution in [0.2, 0.25) is 0 Å². The quantitative estimate of drug-likeness (QED) is 0.809. The van der Waals surface area contributed by atoms with Gasteiger partial charge >= 0.3 is 0 Å². The average molecular weight is 315 g/mol. The summed E-state index contributed by atoms with van der Waals surface area (Å²) in [5.74, 6) is 1.54. The number of ether oxygens (including phenoxy) is 2. The van der Waals surface area contributed by atoms with E-state index in [0.717, 1.165) is 29.7 Å². The van der Waals surface area contributed by atoms with Crippen LogP contribution in [0.3, 0.4) is 0 Å². The van der Waals surface area contributed by atoms with Gasteiger partial charge in [-0.05, 0) is 35.7 Å². The summed E-state index contributed by atoms with van der Waals surface area (Å²) in [6, 6.07) is 9.28. The van der Waals surface area contributed by atoms with Gasteiger partial charge in [-0.1, -0.05) is 12.1 Å². The van der Waals surface area contributed by atoms with E-state index in [4.69, 9.17) is 9.47 Å². The third kappa shape index (κ3) is 2.92. The van der Waals surface area contributed by atoms with E-state index in [1.807, 2.05) is 12.1 Å². The third-order valence-corrected chi connectivity index (χ3v) is 4.36. The van der Waals surface area contributed by atoms with Crippen LogP contribution >= 0.6 is 0 Å². The van der Waals surface area contributed by atoms with Gasteiger partial charge in [0.25, 0.3) is 0 Å². The van der Waals surface area contributed by atoms with Crippen molar-refractivity contribution in [1.82, 2.24) is 5.32 Å². The molecule has 0 saturated heterocycles. The van der Waals surface area contributed by atoms with Gasteiger partial charge in [-0.25, -0.2) is 0 Å². The van der Waals surface area contributed by atoms with Crippen LogP contribution < -0.4 is 14.8 Å². The Morgan fingerprint density at radius 1 is 1.09 bits per heavy atom. The number of nitrogens with one attached hydrogen (secondary N) is 1. The molecular weight excluding hydrogens is 294 g/mol. The molecule has 0 aromatic heterocycles. The largest absolute Gasteiger partial charge is 0.504 e. The molecule has 122 valence electrons. The number of phenolic OH excluding ortho intramolecular Hbond substituents is 2. The predicted octanol–water partition coefficient (Wildman–Crippen LogP) is 2.54. The van der Waals surface area contributed by atoms with Gasteiger partial charge < -0.3 is 25.0 Å². The lowest BCUT2D eigenvalue weighted by atomic mass is 9.85. The minimum Gasteiger partial charge on any atom is -0.504 e. The van der Waals surface area contributed by atoms with Gasteiger partial charge in [-0.2, -0.15) is 0 Å². The second-order valence-electron chi connectivity index (χ2n) is 5.72. The second kappa shape index (κ2) is 6.38. The highest BCUT2D eigenvalue weighted by Crippen LogP contribution is 2.38. The van der Waals surface area contributed by atoms with Crippen molar-refractivity contribution in [2.75, 3.05) is 20.8 Å². The SMILES string of the molecule is COc1ccc(C[C@H]2CNCc3c2ccc(OC)c3O)cc1O. The highest BCUT2D eigenvalue weighted by atomic mass is 16.5. The molecule has 3 N–H and O–H groups in total. The maximum Gasteiger partial charge on any atom is 0.162 e. The first-order valence-electron chi connectivity index (χ1n) is 7.59. The van der Waals surface area contributed by atoms with Gasteiger partial charge in [0.2, 0.25) is 0 Å². The summed E-state index contributed by atoms with van der Waals surface area (Å²) in [4.78, 5) is 0. The first-order valence-corrected chi connectivity index (χ1v) is 7.59. The van der Waals surface area contributed by atoms with Gasteiger partial charge in [0, 0.05) is 24.6 Å². The average Bonchev–Trinajstić information content (AvgIpc) is 2.56. The number of fused-ring (bicyclic) bond motifs is 1. The van der Waals surface area contributed by atoms with Crippen LogP contribution in [0.4, 0.5) is 0 Å². The van der Waals surface area contributed by atoms with Crippen molar-refractivity contribution >= 4 is 0 Å². The molecule has 1 heterocycles. The first kappa shape index (κ1) is 15.5. The number of hydrogen-bond donors (Lipinski definition) is 3. The van der Waals surface area contributed by atoms with Crippen LogP contribution in [0.5, 0.6) is 23.0 Å². The van der Waals surface area contributed by atoms with Crippen molar-refractivity contribution in [1.29, 1.82) is 0 Å². The molecule has 0 fully saturated rings. The zero-order valence-corrected chi connectivity index (χ0v) is 13.3. The topological polar surface area (TPSA) is 71.0 Å². The van der Waals surface area contributed by atoms with Crippen molar-refractivity contribution in [3.63, 3.8) is 0 Å². The molecule has 0 aliphatic carbocycles. The standard InChI is InChI=1S/C18H21NO4/c1-22-16-5-3-11(8-15(16)20)7-12-9-19-10-14-13(12)4-6-17(23-2)18(14)21/h3-6,8,12,19-21H,7,9-10H2,1-2H3/t12-/m0/s1. The fourth-order valence-corrected chi connectivity index (χ4v) is 3.17. The summed E-state index contributed by atoms with van der Waals surface area (Å²) in [6.07, 6.45) is 0.767. The lowest BCUT2D eigenvalue weighted by molar-refractivity contribution is 0.365. The van der Waals surface area contributed by atoms with E-state index in [-0.39, 0.29) is 17.4 Å². The molecule has 1 atom stereocenters. The zero-order valence-electron chi connectivity index (χ0n) is 13.3. The molecule has 5 heteroatoms. The molecule has 1 aliphatic rings. The lowest BCUT2D eigenvalue weighted by Gasteiger charge is -2.28. The van der Waals surface area contributed by atoms with E-state index >= 15 is 0 Å². The van der Waals surface area contributed by atoms with Crippen molar-refractivity contribution in [3.8, 4) is 23.0 Å². The molecule has 0 spiro atoms. The lowest BCUT2D eigenvalue weighted by Crippen LogP contribution is -2.29. The number of benzene rings is 2. The Balaban J connectivity index is 1.89. The smallest absolute Gasteiger partial charge is 0.162 e. The van der Waals surface area contributed by atoms with E-state index in [0.29, 0.717) is 18.0 Å². The summed E-state index contributed by atoms with van der Waals surface area (Å²) < 4.78 is 10.3. The van der Waals surface area contributed by atoms with Gasteiger partial charge in [0.1, 0.15) is 0 Å². The molecule has 3 rings (SSSR count). The summed E-state index contributed by atoms with van der Waals surface area (Å²) in [5.41, 5.74) is 3.04. The molecule has 5 nitrogen and oxygen atoms in total. The highest BCUT2D eigenvalue weighted by molar-refractivity contribution is 5.52. The van der Waals surface area contributed by atoms with E-state index in [2.05, 4.69) is 5.32 Å². The number of rotatable bonds is 4. The molecule has 1 aliphatic heterocycles. The summed E-state index contributed by atoms with van der Waals surface area (Å²) in [7, 11) is 3.08. The molecule has 2 aromatic carbocycles. The predicted molar refractivity (Wildman–Crippen MR) is 87.5 cm³/mol. The second-order valence-corrected chi connectivity index (χ2v) is 5.72. The maximum atomic E-state index is 10.3.